The Morgan fingerprint density at radius 3 is 2.12 bits per heavy atom. The Balaban J connectivity index is 1.52. The molecule has 0 heterocycles. The van der Waals surface area contributed by atoms with Crippen LogP contribution in [0.25, 0.3) is 0 Å². The van der Waals surface area contributed by atoms with Gasteiger partial charge in [0.2, 0.25) is 0 Å². The molecule has 0 aromatic heterocycles. The second-order valence-electron chi connectivity index (χ2n) is 7.62. The zero-order valence-corrected chi connectivity index (χ0v) is 15.0. The van der Waals surface area contributed by atoms with Gasteiger partial charge in [0.05, 0.1) is 5.92 Å². The summed E-state index contributed by atoms with van der Waals surface area (Å²) in [7, 11) is 0. The summed E-state index contributed by atoms with van der Waals surface area (Å²) in [6, 6.07) is 2.14. The van der Waals surface area contributed by atoms with Crippen molar-refractivity contribution in [2.45, 2.75) is 65.2 Å². The molecule has 1 aromatic carbocycles. The van der Waals surface area contributed by atoms with E-state index in [2.05, 4.69) is 6.92 Å². The molecule has 1 aromatic rings. The Kier molecular flexibility index (Phi) is 5.75. The van der Waals surface area contributed by atoms with Crippen LogP contribution in [0.3, 0.4) is 0 Å². The molecule has 2 fully saturated rings. The molecule has 2 radical (unpaired) electrons. The highest BCUT2D eigenvalue weighted by Gasteiger charge is 2.33. The molecular formula is C21H26F2O2. The first-order valence-corrected chi connectivity index (χ1v) is 9.31. The molecule has 3 rings (SSSR count). The minimum Gasteiger partial charge on any atom is -0.426 e. The normalized spacial score (nSPS) is 21.4. The SMILES string of the molecule is Cc1c(F)cc(OC(=O)[C]2CCC([C]3CCC(C)CC3)CC2)cc1F. The van der Waals surface area contributed by atoms with Crippen LogP contribution in [0.4, 0.5) is 8.78 Å². The van der Waals surface area contributed by atoms with Crippen LogP contribution in [0.5, 0.6) is 5.75 Å². The van der Waals surface area contributed by atoms with Crippen molar-refractivity contribution in [3.63, 3.8) is 0 Å². The molecule has 2 saturated carbocycles. The molecule has 0 atom stereocenters. The van der Waals surface area contributed by atoms with Crippen molar-refractivity contribution < 1.29 is 18.3 Å². The summed E-state index contributed by atoms with van der Waals surface area (Å²) in [5.41, 5.74) is -0.0632. The fourth-order valence-electron chi connectivity index (χ4n) is 3.98. The standard InChI is InChI=1S/C21H26F2O2/c1-13-3-5-15(6-4-13)16-7-9-17(10-8-16)21(24)25-18-11-19(22)14(2)20(23)12-18/h11-13,16H,3-10H2,1-2H3. The van der Waals surface area contributed by atoms with Crippen LogP contribution in [0.1, 0.15) is 63.9 Å². The van der Waals surface area contributed by atoms with Gasteiger partial charge in [-0.3, -0.25) is 4.79 Å². The van der Waals surface area contributed by atoms with E-state index in [1.54, 1.807) is 5.92 Å². The van der Waals surface area contributed by atoms with Gasteiger partial charge in [0.15, 0.2) is 0 Å². The Morgan fingerprint density at radius 2 is 1.56 bits per heavy atom. The molecule has 2 aliphatic rings. The number of rotatable bonds is 3. The fraction of sp³-hybridized carbons (Fsp3) is 0.571. The maximum Gasteiger partial charge on any atom is 0.318 e. The van der Waals surface area contributed by atoms with Gasteiger partial charge in [0.1, 0.15) is 17.4 Å². The predicted octanol–water partition coefficient (Wildman–Crippen LogP) is 5.73. The Morgan fingerprint density at radius 1 is 1.00 bits per heavy atom. The van der Waals surface area contributed by atoms with Gasteiger partial charge < -0.3 is 4.74 Å². The third-order valence-corrected chi connectivity index (χ3v) is 5.84. The molecule has 2 nitrogen and oxygen atoms in total. The number of ether oxygens (including phenoxy) is 1. The van der Waals surface area contributed by atoms with E-state index < -0.39 is 17.6 Å². The van der Waals surface area contributed by atoms with Crippen molar-refractivity contribution in [1.29, 1.82) is 0 Å². The quantitative estimate of drug-likeness (QED) is 0.515. The predicted molar refractivity (Wildman–Crippen MR) is 92.8 cm³/mol. The van der Waals surface area contributed by atoms with E-state index in [-0.39, 0.29) is 11.3 Å². The molecule has 4 heteroatoms. The van der Waals surface area contributed by atoms with Gasteiger partial charge in [-0.2, -0.15) is 0 Å². The zero-order valence-electron chi connectivity index (χ0n) is 15.0. The summed E-state index contributed by atoms with van der Waals surface area (Å²) in [6.07, 6.45) is 8.46. The first-order chi connectivity index (χ1) is 11.9. The molecule has 0 aliphatic heterocycles. The van der Waals surface area contributed by atoms with Gasteiger partial charge in [0, 0.05) is 17.7 Å². The van der Waals surface area contributed by atoms with E-state index in [0.717, 1.165) is 49.7 Å². The minimum absolute atomic E-state index is 0.0594. The molecule has 0 saturated heterocycles. The Bertz CT molecular complexity index is 589. The van der Waals surface area contributed by atoms with Gasteiger partial charge in [0.25, 0.3) is 0 Å². The van der Waals surface area contributed by atoms with Crippen LogP contribution in [0, 0.1) is 42.2 Å². The van der Waals surface area contributed by atoms with Crippen LogP contribution in [0.15, 0.2) is 12.1 Å². The minimum atomic E-state index is -0.695. The molecule has 2 aliphatic carbocycles. The zero-order chi connectivity index (χ0) is 18.0. The van der Waals surface area contributed by atoms with E-state index >= 15 is 0 Å². The van der Waals surface area contributed by atoms with Gasteiger partial charge in [-0.15, -0.1) is 0 Å². The first kappa shape index (κ1) is 18.3. The Labute approximate surface area is 149 Å². The molecule has 0 unspecified atom stereocenters. The topological polar surface area (TPSA) is 26.3 Å². The summed E-state index contributed by atoms with van der Waals surface area (Å²) in [4.78, 5) is 12.3. The monoisotopic (exact) mass is 348 g/mol. The average molecular weight is 348 g/mol. The van der Waals surface area contributed by atoms with E-state index in [0.29, 0.717) is 5.92 Å². The van der Waals surface area contributed by atoms with Crippen molar-refractivity contribution >= 4 is 5.97 Å². The number of halogens is 2. The third-order valence-electron chi connectivity index (χ3n) is 5.84. The van der Waals surface area contributed by atoms with Crippen LogP contribution in [-0.4, -0.2) is 5.97 Å². The van der Waals surface area contributed by atoms with Gasteiger partial charge in [-0.25, -0.2) is 8.78 Å². The van der Waals surface area contributed by atoms with Crippen molar-refractivity contribution in [2.24, 2.45) is 11.8 Å². The summed E-state index contributed by atoms with van der Waals surface area (Å²) >= 11 is 0. The number of hydrogen-bond donors (Lipinski definition) is 0. The van der Waals surface area contributed by atoms with E-state index in [9.17, 15) is 13.6 Å². The lowest BCUT2D eigenvalue weighted by atomic mass is 9.69. The number of carbonyl (C=O) groups excluding carboxylic acids is 1. The molecule has 0 N–H and O–H groups in total. The summed E-state index contributed by atoms with van der Waals surface area (Å²) in [5.74, 6) is 1.98. The maximum absolute atomic E-state index is 13.6. The van der Waals surface area contributed by atoms with E-state index in [4.69, 9.17) is 4.74 Å². The molecule has 25 heavy (non-hydrogen) atoms. The highest BCUT2D eigenvalue weighted by Crippen LogP contribution is 2.43. The second-order valence-corrected chi connectivity index (χ2v) is 7.62. The Hall–Kier alpha value is -1.45. The lowest BCUT2D eigenvalue weighted by Gasteiger charge is -2.36. The highest BCUT2D eigenvalue weighted by molar-refractivity contribution is 5.86. The molecule has 0 bridgehead atoms. The van der Waals surface area contributed by atoms with Crippen molar-refractivity contribution in [2.75, 3.05) is 0 Å². The third kappa shape index (κ3) is 4.39. The van der Waals surface area contributed by atoms with Crippen LogP contribution >= 0.6 is 0 Å². The molecular weight excluding hydrogens is 322 g/mol. The molecule has 0 spiro atoms. The van der Waals surface area contributed by atoms with Crippen molar-refractivity contribution in [3.8, 4) is 5.75 Å². The molecule has 136 valence electrons. The van der Waals surface area contributed by atoms with Crippen LogP contribution in [-0.2, 0) is 4.79 Å². The number of hydrogen-bond acceptors (Lipinski definition) is 2. The number of esters is 1. The largest absolute Gasteiger partial charge is 0.426 e. The maximum atomic E-state index is 13.6. The van der Waals surface area contributed by atoms with E-state index in [1.165, 1.54) is 32.6 Å². The smallest absolute Gasteiger partial charge is 0.318 e. The number of carbonyl (C=O) groups is 1. The highest BCUT2D eigenvalue weighted by atomic mass is 19.1. The first-order valence-electron chi connectivity index (χ1n) is 9.31. The van der Waals surface area contributed by atoms with Gasteiger partial charge in [-0.05, 0) is 63.2 Å². The summed E-state index contributed by atoms with van der Waals surface area (Å²) in [5, 5.41) is 0. The number of benzene rings is 1. The average Bonchev–Trinajstić information content (AvgIpc) is 2.60. The lowest BCUT2D eigenvalue weighted by Crippen LogP contribution is -2.28. The second kappa shape index (κ2) is 7.84. The van der Waals surface area contributed by atoms with Crippen LogP contribution < -0.4 is 4.74 Å². The van der Waals surface area contributed by atoms with Gasteiger partial charge >= 0.3 is 5.97 Å². The van der Waals surface area contributed by atoms with Crippen molar-refractivity contribution in [3.05, 3.63) is 41.2 Å². The summed E-state index contributed by atoms with van der Waals surface area (Å²) < 4.78 is 32.4. The summed E-state index contributed by atoms with van der Waals surface area (Å²) in [6.45, 7) is 3.67. The van der Waals surface area contributed by atoms with Crippen LogP contribution in [0.2, 0.25) is 0 Å². The van der Waals surface area contributed by atoms with Gasteiger partial charge in [-0.1, -0.05) is 19.8 Å². The lowest BCUT2D eigenvalue weighted by molar-refractivity contribution is -0.133. The fourth-order valence-corrected chi connectivity index (χ4v) is 3.98. The van der Waals surface area contributed by atoms with Crippen molar-refractivity contribution in [1.82, 2.24) is 0 Å². The molecule has 0 amide bonds. The van der Waals surface area contributed by atoms with E-state index in [1.807, 2.05) is 0 Å².